The zero-order chi connectivity index (χ0) is 13.7. The van der Waals surface area contributed by atoms with Gasteiger partial charge in [0.1, 0.15) is 0 Å². The molecule has 2 N–H and O–H groups in total. The topological polar surface area (TPSA) is 50.7 Å². The largest absolute Gasteiger partial charge is 0.494 e. The second-order valence-corrected chi connectivity index (χ2v) is 4.87. The van der Waals surface area contributed by atoms with Crippen LogP contribution in [0.5, 0.6) is 5.75 Å². The number of hydrogen-bond acceptors (Lipinski definition) is 4. The van der Waals surface area contributed by atoms with Crippen LogP contribution >= 0.6 is 0 Å². The van der Waals surface area contributed by atoms with E-state index >= 15 is 0 Å². The van der Waals surface area contributed by atoms with Crippen LogP contribution in [0.25, 0.3) is 0 Å². The van der Waals surface area contributed by atoms with E-state index in [1.807, 2.05) is 0 Å². The molecule has 0 amide bonds. The van der Waals surface area contributed by atoms with Crippen LogP contribution in [-0.2, 0) is 11.3 Å². The molecule has 0 atom stereocenters. The van der Waals surface area contributed by atoms with Crippen molar-refractivity contribution in [2.24, 2.45) is 0 Å². The van der Waals surface area contributed by atoms with Gasteiger partial charge in [-0.1, -0.05) is 12.1 Å². The third-order valence-corrected chi connectivity index (χ3v) is 3.46. The molecule has 1 aliphatic heterocycles. The summed E-state index contributed by atoms with van der Waals surface area (Å²) >= 11 is 0. The van der Waals surface area contributed by atoms with Crippen molar-refractivity contribution in [3.05, 3.63) is 29.6 Å². The van der Waals surface area contributed by atoms with E-state index < -0.39 is 5.60 Å². The highest BCUT2D eigenvalue weighted by Crippen LogP contribution is 2.21. The predicted octanol–water partition coefficient (Wildman–Crippen LogP) is 1.47. The fraction of sp³-hybridized carbons (Fsp3) is 0.571. The van der Waals surface area contributed by atoms with Gasteiger partial charge in [-0.05, 0) is 6.07 Å². The van der Waals surface area contributed by atoms with Gasteiger partial charge >= 0.3 is 0 Å². The van der Waals surface area contributed by atoms with Crippen LogP contribution in [0.2, 0.25) is 0 Å². The van der Waals surface area contributed by atoms with Gasteiger partial charge in [0.05, 0.1) is 12.7 Å². The zero-order valence-corrected chi connectivity index (χ0v) is 11.1. The summed E-state index contributed by atoms with van der Waals surface area (Å²) in [4.78, 5) is 0. The van der Waals surface area contributed by atoms with Gasteiger partial charge in [0.25, 0.3) is 0 Å². The second-order valence-electron chi connectivity index (χ2n) is 4.87. The first-order valence-electron chi connectivity index (χ1n) is 6.47. The molecule has 1 fully saturated rings. The minimum absolute atomic E-state index is 0.240. The molecule has 2 rings (SSSR count). The molecule has 1 aromatic carbocycles. The van der Waals surface area contributed by atoms with Gasteiger partial charge in [-0.2, -0.15) is 0 Å². The number of nitrogens with one attached hydrogen (secondary N) is 1. The number of rotatable bonds is 5. The molecule has 19 heavy (non-hydrogen) atoms. The van der Waals surface area contributed by atoms with Crippen molar-refractivity contribution >= 4 is 0 Å². The normalized spacial score (nSPS) is 18.3. The molecule has 0 aromatic heterocycles. The van der Waals surface area contributed by atoms with E-state index in [1.165, 1.54) is 7.11 Å². The number of methoxy groups -OCH3 is 1. The van der Waals surface area contributed by atoms with Gasteiger partial charge in [0.15, 0.2) is 11.6 Å². The highest BCUT2D eigenvalue weighted by atomic mass is 19.1. The monoisotopic (exact) mass is 269 g/mol. The molecule has 1 saturated heterocycles. The van der Waals surface area contributed by atoms with Crippen LogP contribution in [0.15, 0.2) is 18.2 Å². The lowest BCUT2D eigenvalue weighted by molar-refractivity contribution is -0.0617. The van der Waals surface area contributed by atoms with E-state index in [0.29, 0.717) is 44.7 Å². The molecule has 1 heterocycles. The highest BCUT2D eigenvalue weighted by Gasteiger charge is 2.29. The van der Waals surface area contributed by atoms with Crippen molar-refractivity contribution in [2.75, 3.05) is 26.9 Å². The minimum Gasteiger partial charge on any atom is -0.494 e. The van der Waals surface area contributed by atoms with Crippen LogP contribution in [-0.4, -0.2) is 37.6 Å². The van der Waals surface area contributed by atoms with Crippen molar-refractivity contribution < 1.29 is 19.0 Å². The van der Waals surface area contributed by atoms with E-state index in [9.17, 15) is 9.50 Å². The lowest BCUT2D eigenvalue weighted by Crippen LogP contribution is -2.44. The maximum atomic E-state index is 13.9. The predicted molar refractivity (Wildman–Crippen MR) is 69.7 cm³/mol. The Balaban J connectivity index is 1.88. The molecule has 0 spiro atoms. The summed E-state index contributed by atoms with van der Waals surface area (Å²) in [6.07, 6.45) is 1.22. The van der Waals surface area contributed by atoms with Crippen LogP contribution < -0.4 is 10.1 Å². The van der Waals surface area contributed by atoms with Gasteiger partial charge in [0.2, 0.25) is 0 Å². The number of halogens is 1. The lowest BCUT2D eigenvalue weighted by Gasteiger charge is -2.32. The fourth-order valence-electron chi connectivity index (χ4n) is 2.21. The zero-order valence-electron chi connectivity index (χ0n) is 11.1. The summed E-state index contributed by atoms with van der Waals surface area (Å²) in [5.74, 6) is -0.111. The first kappa shape index (κ1) is 14.2. The number of hydrogen-bond donors (Lipinski definition) is 2. The Kier molecular flexibility index (Phi) is 4.74. The van der Waals surface area contributed by atoms with Gasteiger partial charge in [-0.3, -0.25) is 0 Å². The fourth-order valence-corrected chi connectivity index (χ4v) is 2.21. The van der Waals surface area contributed by atoms with Gasteiger partial charge in [0, 0.05) is 44.7 Å². The molecule has 0 saturated carbocycles. The first-order chi connectivity index (χ1) is 9.14. The number of benzene rings is 1. The van der Waals surface area contributed by atoms with Crippen molar-refractivity contribution in [3.63, 3.8) is 0 Å². The molecular weight excluding hydrogens is 249 g/mol. The number of ether oxygens (including phenoxy) is 2. The molecule has 0 unspecified atom stereocenters. The third-order valence-electron chi connectivity index (χ3n) is 3.46. The Morgan fingerprint density at radius 3 is 2.84 bits per heavy atom. The van der Waals surface area contributed by atoms with Crippen LogP contribution in [0, 0.1) is 5.82 Å². The SMILES string of the molecule is COc1cccc(CNCC2(O)CCOCC2)c1F. The van der Waals surface area contributed by atoms with E-state index in [4.69, 9.17) is 9.47 Å². The van der Waals surface area contributed by atoms with Crippen LogP contribution in [0.4, 0.5) is 4.39 Å². The van der Waals surface area contributed by atoms with E-state index in [0.717, 1.165) is 0 Å². The Labute approximate surface area is 112 Å². The Hall–Kier alpha value is -1.17. The Morgan fingerprint density at radius 1 is 1.42 bits per heavy atom. The number of aliphatic hydroxyl groups is 1. The summed E-state index contributed by atoms with van der Waals surface area (Å²) in [6, 6.07) is 5.05. The molecule has 0 aliphatic carbocycles. The molecule has 4 nitrogen and oxygen atoms in total. The maximum absolute atomic E-state index is 13.9. The average Bonchev–Trinajstić information content (AvgIpc) is 2.41. The lowest BCUT2D eigenvalue weighted by atomic mass is 9.94. The summed E-state index contributed by atoms with van der Waals surface area (Å²) in [6.45, 7) is 1.95. The van der Waals surface area contributed by atoms with Crippen LogP contribution in [0.1, 0.15) is 18.4 Å². The molecule has 0 bridgehead atoms. The second kappa shape index (κ2) is 6.32. The third kappa shape index (κ3) is 3.65. The van der Waals surface area contributed by atoms with Crippen molar-refractivity contribution in [1.82, 2.24) is 5.32 Å². The van der Waals surface area contributed by atoms with Crippen molar-refractivity contribution in [2.45, 2.75) is 25.0 Å². The maximum Gasteiger partial charge on any atom is 0.169 e. The average molecular weight is 269 g/mol. The molecule has 1 aliphatic rings. The molecular formula is C14H20FNO3. The van der Waals surface area contributed by atoms with Gasteiger partial charge in [-0.15, -0.1) is 0 Å². The van der Waals surface area contributed by atoms with E-state index in [2.05, 4.69) is 5.32 Å². The standard InChI is InChI=1S/C14H20FNO3/c1-18-12-4-2-3-11(13(12)15)9-16-10-14(17)5-7-19-8-6-14/h2-4,16-17H,5-10H2,1H3. The molecule has 106 valence electrons. The quantitative estimate of drug-likeness (QED) is 0.850. The summed E-state index contributed by atoms with van der Waals surface area (Å²) in [5, 5.41) is 13.4. The smallest absolute Gasteiger partial charge is 0.169 e. The van der Waals surface area contributed by atoms with E-state index in [-0.39, 0.29) is 11.6 Å². The van der Waals surface area contributed by atoms with E-state index in [1.54, 1.807) is 18.2 Å². The molecule has 0 radical (unpaired) electrons. The van der Waals surface area contributed by atoms with Crippen LogP contribution in [0.3, 0.4) is 0 Å². The Morgan fingerprint density at radius 2 is 2.16 bits per heavy atom. The van der Waals surface area contributed by atoms with Gasteiger partial charge in [-0.25, -0.2) is 4.39 Å². The summed E-state index contributed by atoms with van der Waals surface area (Å²) in [5.41, 5.74) is -0.205. The van der Waals surface area contributed by atoms with Crippen molar-refractivity contribution in [3.8, 4) is 5.75 Å². The van der Waals surface area contributed by atoms with Gasteiger partial charge < -0.3 is 19.9 Å². The van der Waals surface area contributed by atoms with Crippen molar-refractivity contribution in [1.29, 1.82) is 0 Å². The summed E-state index contributed by atoms with van der Waals surface area (Å²) in [7, 11) is 1.44. The first-order valence-corrected chi connectivity index (χ1v) is 6.47. The highest BCUT2D eigenvalue weighted by molar-refractivity contribution is 5.30. The summed E-state index contributed by atoms with van der Waals surface area (Å²) < 4.78 is 24.0. The minimum atomic E-state index is -0.742. The molecule has 5 heteroatoms. The Bertz CT molecular complexity index is 419. The molecule has 1 aromatic rings.